The van der Waals surface area contributed by atoms with Gasteiger partial charge in [-0.05, 0) is 55.9 Å². The van der Waals surface area contributed by atoms with Crippen LogP contribution in [0.4, 0.5) is 31.1 Å². The number of amides is 2. The average Bonchev–Trinajstić information content (AvgIpc) is 3.23. The van der Waals surface area contributed by atoms with Crippen molar-refractivity contribution >= 4 is 22.7 Å². The summed E-state index contributed by atoms with van der Waals surface area (Å²) >= 11 is 0. The van der Waals surface area contributed by atoms with Crippen molar-refractivity contribution in [2.45, 2.75) is 37.7 Å². The van der Waals surface area contributed by atoms with E-state index >= 15 is 0 Å². The number of aromatic amines is 1. The number of carbonyl (C=O) groups is 2. The molecule has 0 radical (unpaired) electrons. The summed E-state index contributed by atoms with van der Waals surface area (Å²) < 4.78 is 79.2. The lowest BCUT2D eigenvalue weighted by Gasteiger charge is -2.19. The van der Waals surface area contributed by atoms with Crippen molar-refractivity contribution in [1.82, 2.24) is 20.5 Å². The number of likely N-dealkylation sites (N-methyl/N-ethyl adjacent to an activating group) is 1. The van der Waals surface area contributed by atoms with E-state index in [0.29, 0.717) is 25.2 Å². The number of carbonyl (C=O) groups excluding carboxylic acids is 2. The second kappa shape index (κ2) is 11.9. The Bertz CT molecular complexity index is 1230. The molecule has 2 aromatic carbocycles. The third kappa shape index (κ3) is 7.98. The molecular weight excluding hydrogens is 514 g/mol. The molecule has 0 aliphatic rings. The number of ketones is 1. The minimum atomic E-state index is -4.98. The molecule has 1 unspecified atom stereocenters. The number of hydrogen-bond donors (Lipinski definition) is 3. The third-order valence-electron chi connectivity index (χ3n) is 5.95. The highest BCUT2D eigenvalue weighted by Gasteiger charge is 2.37. The minimum absolute atomic E-state index is 0.0464. The first-order valence-electron chi connectivity index (χ1n) is 11.8. The highest BCUT2D eigenvalue weighted by Crippen LogP contribution is 2.36. The van der Waals surface area contributed by atoms with Crippen molar-refractivity contribution in [2.24, 2.45) is 0 Å². The number of nitrogens with one attached hydrogen (secondary N) is 3. The number of fused-ring (bicyclic) bond motifs is 1. The van der Waals surface area contributed by atoms with E-state index in [0.717, 1.165) is 16.5 Å². The molecule has 6 nitrogen and oxygen atoms in total. The molecule has 0 aliphatic carbocycles. The molecule has 0 bridgehead atoms. The first-order chi connectivity index (χ1) is 17.7. The Morgan fingerprint density at radius 3 is 2.21 bits per heavy atom. The molecule has 3 rings (SSSR count). The molecule has 2 amide bonds. The Morgan fingerprint density at radius 2 is 1.61 bits per heavy atom. The largest absolute Gasteiger partial charge is 0.416 e. The number of alkyl halides is 6. The van der Waals surface area contributed by atoms with Gasteiger partial charge >= 0.3 is 18.4 Å². The molecule has 0 fully saturated rings. The maximum absolute atomic E-state index is 13.2. The summed E-state index contributed by atoms with van der Waals surface area (Å²) in [5.74, 6) is -0.524. The molecule has 3 aromatic rings. The summed E-state index contributed by atoms with van der Waals surface area (Å²) in [6.45, 7) is 0.850. The fraction of sp³-hybridized carbons (Fsp3) is 0.385. The van der Waals surface area contributed by atoms with Crippen LogP contribution in [0.5, 0.6) is 0 Å². The first kappa shape index (κ1) is 29.0. The number of nitrogens with zero attached hydrogens (tertiary/aromatic N) is 1. The van der Waals surface area contributed by atoms with Gasteiger partial charge in [0.05, 0.1) is 17.2 Å². The Kier molecular flexibility index (Phi) is 9.08. The van der Waals surface area contributed by atoms with Gasteiger partial charge < -0.3 is 20.5 Å². The number of benzene rings is 2. The summed E-state index contributed by atoms with van der Waals surface area (Å²) in [6, 6.07) is 6.91. The zero-order valence-corrected chi connectivity index (χ0v) is 20.8. The smallest absolute Gasteiger partial charge is 0.361 e. The Balaban J connectivity index is 1.80. The van der Waals surface area contributed by atoms with E-state index in [4.69, 9.17) is 0 Å². The predicted octanol–water partition coefficient (Wildman–Crippen LogP) is 5.18. The third-order valence-corrected chi connectivity index (χ3v) is 5.95. The van der Waals surface area contributed by atoms with E-state index in [2.05, 4.69) is 15.6 Å². The zero-order chi connectivity index (χ0) is 28.1. The molecule has 38 heavy (non-hydrogen) atoms. The molecule has 206 valence electrons. The number of rotatable bonds is 10. The molecular formula is C26H28F6N4O2. The number of para-hydroxylation sites is 1. The average molecular weight is 543 g/mol. The number of Topliss-reactive ketones (excluding diaryl/α,β-unsaturated/α-hetero) is 1. The second-order valence-corrected chi connectivity index (χ2v) is 9.20. The van der Waals surface area contributed by atoms with E-state index in [1.165, 1.54) is 0 Å². The first-order valence-corrected chi connectivity index (χ1v) is 11.8. The van der Waals surface area contributed by atoms with Crippen LogP contribution < -0.4 is 10.6 Å². The molecule has 0 aliphatic heterocycles. The Labute approximate surface area is 215 Å². The summed E-state index contributed by atoms with van der Waals surface area (Å²) in [5.41, 5.74) is -1.62. The molecule has 0 spiro atoms. The van der Waals surface area contributed by atoms with Crippen LogP contribution in [0.3, 0.4) is 0 Å². The van der Waals surface area contributed by atoms with Crippen molar-refractivity contribution < 1.29 is 35.9 Å². The molecule has 0 saturated heterocycles. The van der Waals surface area contributed by atoms with Gasteiger partial charge in [-0.15, -0.1) is 0 Å². The normalized spacial score (nSPS) is 13.1. The van der Waals surface area contributed by atoms with Gasteiger partial charge in [-0.3, -0.25) is 4.79 Å². The van der Waals surface area contributed by atoms with Gasteiger partial charge in [0, 0.05) is 43.0 Å². The summed E-state index contributed by atoms with van der Waals surface area (Å²) in [6.07, 6.45) is -8.92. The van der Waals surface area contributed by atoms with Gasteiger partial charge in [0.1, 0.15) is 0 Å². The van der Waals surface area contributed by atoms with Gasteiger partial charge in [0.15, 0.2) is 5.78 Å². The van der Waals surface area contributed by atoms with Gasteiger partial charge in [-0.2, -0.15) is 26.3 Å². The topological polar surface area (TPSA) is 77.2 Å². The maximum atomic E-state index is 13.2. The van der Waals surface area contributed by atoms with Crippen molar-refractivity contribution in [2.75, 3.05) is 27.2 Å². The van der Waals surface area contributed by atoms with Crippen molar-refractivity contribution in [3.05, 3.63) is 70.9 Å². The van der Waals surface area contributed by atoms with Gasteiger partial charge in [-0.1, -0.05) is 18.2 Å². The van der Waals surface area contributed by atoms with E-state index in [-0.39, 0.29) is 30.9 Å². The van der Waals surface area contributed by atoms with Crippen molar-refractivity contribution in [1.29, 1.82) is 0 Å². The number of H-pyrrole nitrogens is 1. The molecule has 1 aromatic heterocycles. The molecule has 1 atom stereocenters. The summed E-state index contributed by atoms with van der Waals surface area (Å²) in [5, 5.41) is 6.07. The van der Waals surface area contributed by atoms with Gasteiger partial charge in [0.25, 0.3) is 0 Å². The SMILES string of the molecule is CN(C)CCNC(=O)NC(Cc1c[nH]c2ccccc12)C(=O)CCc1cc(C(F)(F)F)cc(C(F)(F)F)c1. The van der Waals surface area contributed by atoms with Crippen molar-refractivity contribution in [3.8, 4) is 0 Å². The lowest BCUT2D eigenvalue weighted by molar-refractivity contribution is -0.143. The standard InChI is InChI=1S/C26H28F6N4O2/c1-36(2)10-9-33-24(38)35-22(13-17-15-34-21-6-4-3-5-20(17)21)23(37)8-7-16-11-18(25(27,28)29)14-19(12-16)26(30,31)32/h3-6,11-12,14-15,22,34H,7-10,13H2,1-2H3,(H2,33,35,38). The highest BCUT2D eigenvalue weighted by atomic mass is 19.4. The summed E-state index contributed by atoms with van der Waals surface area (Å²) in [7, 11) is 3.64. The van der Waals surface area contributed by atoms with Crippen LogP contribution in [0.15, 0.2) is 48.7 Å². The van der Waals surface area contributed by atoms with Crippen LogP contribution in [-0.4, -0.2) is 54.9 Å². The number of halogens is 6. The van der Waals surface area contributed by atoms with Crippen molar-refractivity contribution in [3.63, 3.8) is 0 Å². The quantitative estimate of drug-likeness (QED) is 0.309. The van der Waals surface area contributed by atoms with E-state index in [1.54, 1.807) is 6.20 Å². The van der Waals surface area contributed by atoms with Crippen LogP contribution in [0.1, 0.15) is 28.7 Å². The minimum Gasteiger partial charge on any atom is -0.361 e. The summed E-state index contributed by atoms with van der Waals surface area (Å²) in [4.78, 5) is 30.5. The lowest BCUT2D eigenvalue weighted by Crippen LogP contribution is -2.48. The molecule has 0 saturated carbocycles. The lowest BCUT2D eigenvalue weighted by atomic mass is 9.96. The zero-order valence-electron chi connectivity index (χ0n) is 20.8. The molecule has 3 N–H and O–H groups in total. The van der Waals surface area contributed by atoms with E-state index < -0.39 is 41.3 Å². The van der Waals surface area contributed by atoms with Gasteiger partial charge in [0.2, 0.25) is 0 Å². The second-order valence-electron chi connectivity index (χ2n) is 9.20. The molecule has 1 heterocycles. The van der Waals surface area contributed by atoms with E-state index in [1.807, 2.05) is 43.3 Å². The predicted molar refractivity (Wildman–Crippen MR) is 131 cm³/mol. The van der Waals surface area contributed by atoms with Crippen LogP contribution in [0.2, 0.25) is 0 Å². The monoisotopic (exact) mass is 542 g/mol. The number of hydrogen-bond acceptors (Lipinski definition) is 3. The number of urea groups is 1. The van der Waals surface area contributed by atoms with Crippen LogP contribution in [-0.2, 0) is 30.0 Å². The van der Waals surface area contributed by atoms with Crippen LogP contribution in [0.25, 0.3) is 10.9 Å². The molecule has 12 heteroatoms. The Hall–Kier alpha value is -3.54. The Morgan fingerprint density at radius 1 is 0.974 bits per heavy atom. The fourth-order valence-electron chi connectivity index (χ4n) is 3.97. The van der Waals surface area contributed by atoms with Crippen LogP contribution >= 0.6 is 0 Å². The number of aromatic nitrogens is 1. The van der Waals surface area contributed by atoms with Gasteiger partial charge in [-0.25, -0.2) is 4.79 Å². The fourth-order valence-corrected chi connectivity index (χ4v) is 3.97. The van der Waals surface area contributed by atoms with E-state index in [9.17, 15) is 35.9 Å². The highest BCUT2D eigenvalue weighted by molar-refractivity contribution is 5.90. The number of aryl methyl sites for hydroxylation is 1. The maximum Gasteiger partial charge on any atom is 0.416 e. The van der Waals surface area contributed by atoms with Crippen LogP contribution in [0, 0.1) is 0 Å².